The Morgan fingerprint density at radius 1 is 1.27 bits per heavy atom. The van der Waals surface area contributed by atoms with Crippen molar-refractivity contribution in [1.29, 1.82) is 0 Å². The van der Waals surface area contributed by atoms with E-state index in [-0.39, 0.29) is 12.7 Å². The fraction of sp³-hybridized carbons (Fsp3) is 0.400. The summed E-state index contributed by atoms with van der Waals surface area (Å²) in [5, 5.41) is 3.08. The Balaban J connectivity index is 1.43. The minimum atomic E-state index is 0.163. The zero-order valence-electron chi connectivity index (χ0n) is 14.9. The number of carbonyl (C=O) groups is 1. The number of amides is 1. The molecule has 4 rings (SSSR count). The van der Waals surface area contributed by atoms with Gasteiger partial charge in [0.15, 0.2) is 11.5 Å². The summed E-state index contributed by atoms with van der Waals surface area (Å²) >= 11 is 0. The molecule has 1 fully saturated rings. The summed E-state index contributed by atoms with van der Waals surface area (Å²) in [5.74, 6) is 2.86. The summed E-state index contributed by atoms with van der Waals surface area (Å²) in [6, 6.07) is 9.85. The zero-order chi connectivity index (χ0) is 17.9. The van der Waals surface area contributed by atoms with Crippen LogP contribution in [0, 0.1) is 0 Å². The first-order chi connectivity index (χ1) is 12.7. The predicted octanol–water partition coefficient (Wildman–Crippen LogP) is 2.80. The number of benzene rings is 1. The van der Waals surface area contributed by atoms with Crippen molar-refractivity contribution in [2.75, 3.05) is 32.2 Å². The van der Waals surface area contributed by atoms with Gasteiger partial charge in [-0.05, 0) is 48.2 Å². The lowest BCUT2D eigenvalue weighted by molar-refractivity contribution is -0.131. The van der Waals surface area contributed by atoms with Gasteiger partial charge in [0, 0.05) is 32.3 Å². The Bertz CT molecular complexity index is 809. The van der Waals surface area contributed by atoms with Crippen molar-refractivity contribution in [2.24, 2.45) is 0 Å². The van der Waals surface area contributed by atoms with E-state index in [1.54, 1.807) is 0 Å². The molecule has 26 heavy (non-hydrogen) atoms. The van der Waals surface area contributed by atoms with Crippen molar-refractivity contribution in [3.8, 4) is 11.5 Å². The first-order valence-corrected chi connectivity index (χ1v) is 9.03. The van der Waals surface area contributed by atoms with Gasteiger partial charge in [-0.1, -0.05) is 6.07 Å². The quantitative estimate of drug-likeness (QED) is 0.916. The lowest BCUT2D eigenvalue weighted by Crippen LogP contribution is -2.40. The second kappa shape index (κ2) is 7.23. The summed E-state index contributed by atoms with van der Waals surface area (Å²) in [6.07, 6.45) is 4.34. The van der Waals surface area contributed by atoms with Gasteiger partial charge >= 0.3 is 0 Å². The molecule has 1 N–H and O–H groups in total. The van der Waals surface area contributed by atoms with Crippen LogP contribution in [0.25, 0.3) is 0 Å². The number of anilines is 1. The van der Waals surface area contributed by atoms with E-state index in [1.165, 1.54) is 5.56 Å². The van der Waals surface area contributed by atoms with Crippen molar-refractivity contribution >= 4 is 11.7 Å². The highest BCUT2D eigenvalue weighted by Crippen LogP contribution is 2.33. The predicted molar refractivity (Wildman–Crippen MR) is 98.6 cm³/mol. The molecule has 0 saturated carbocycles. The number of aromatic nitrogens is 1. The molecule has 2 aliphatic rings. The fourth-order valence-corrected chi connectivity index (χ4v) is 3.65. The molecule has 3 heterocycles. The van der Waals surface area contributed by atoms with E-state index < -0.39 is 0 Å². The first kappa shape index (κ1) is 16.7. The molecule has 0 aliphatic carbocycles. The Morgan fingerprint density at radius 3 is 3.04 bits per heavy atom. The average molecular weight is 353 g/mol. The topological polar surface area (TPSA) is 63.7 Å². The largest absolute Gasteiger partial charge is 0.454 e. The number of nitrogens with zero attached hydrogens (tertiary/aromatic N) is 2. The lowest BCUT2D eigenvalue weighted by atomic mass is 9.91. The number of hydrogen-bond acceptors (Lipinski definition) is 5. The highest BCUT2D eigenvalue weighted by Gasteiger charge is 2.25. The van der Waals surface area contributed by atoms with E-state index in [1.807, 2.05) is 36.3 Å². The highest BCUT2D eigenvalue weighted by atomic mass is 16.7. The molecule has 1 aromatic heterocycles. The van der Waals surface area contributed by atoms with Crippen LogP contribution in [-0.2, 0) is 11.2 Å². The van der Waals surface area contributed by atoms with Crippen LogP contribution in [0.2, 0.25) is 0 Å². The van der Waals surface area contributed by atoms with E-state index in [9.17, 15) is 4.79 Å². The summed E-state index contributed by atoms with van der Waals surface area (Å²) < 4.78 is 10.7. The van der Waals surface area contributed by atoms with Crippen LogP contribution in [-0.4, -0.2) is 42.7 Å². The van der Waals surface area contributed by atoms with Crippen molar-refractivity contribution < 1.29 is 14.3 Å². The summed E-state index contributed by atoms with van der Waals surface area (Å²) in [5.41, 5.74) is 2.20. The Morgan fingerprint density at radius 2 is 2.15 bits per heavy atom. The SMILES string of the molecule is CNc1cc(C2CCCN(C(=O)Cc3ccc4c(c3)OCO4)C2)ccn1. The molecular weight excluding hydrogens is 330 g/mol. The van der Waals surface area contributed by atoms with Crippen molar-refractivity contribution in [3.05, 3.63) is 47.7 Å². The third-order valence-corrected chi connectivity index (χ3v) is 5.08. The molecule has 1 saturated heterocycles. The summed E-state index contributed by atoms with van der Waals surface area (Å²) in [7, 11) is 1.87. The van der Waals surface area contributed by atoms with Crippen LogP contribution in [0.1, 0.15) is 29.9 Å². The molecule has 0 bridgehead atoms. The van der Waals surface area contributed by atoms with E-state index in [0.29, 0.717) is 12.3 Å². The smallest absolute Gasteiger partial charge is 0.231 e. The van der Waals surface area contributed by atoms with Crippen LogP contribution in [0.5, 0.6) is 11.5 Å². The number of likely N-dealkylation sites (tertiary alicyclic amines) is 1. The van der Waals surface area contributed by atoms with Gasteiger partial charge < -0.3 is 19.7 Å². The fourth-order valence-electron chi connectivity index (χ4n) is 3.65. The van der Waals surface area contributed by atoms with Gasteiger partial charge in [-0.15, -0.1) is 0 Å². The summed E-state index contributed by atoms with van der Waals surface area (Å²) in [4.78, 5) is 19.1. The van der Waals surface area contributed by atoms with Gasteiger partial charge in [0.05, 0.1) is 6.42 Å². The highest BCUT2D eigenvalue weighted by molar-refractivity contribution is 5.79. The molecule has 0 spiro atoms. The maximum atomic E-state index is 12.8. The molecule has 136 valence electrons. The standard InChI is InChI=1S/C20H23N3O3/c1-21-19-11-15(6-7-22-19)16-3-2-8-23(12-16)20(24)10-14-4-5-17-18(9-14)26-13-25-17/h4-7,9,11,16H,2-3,8,10,12-13H2,1H3,(H,21,22). The molecule has 1 aromatic carbocycles. The number of carbonyl (C=O) groups excluding carboxylic acids is 1. The number of piperidine rings is 1. The van der Waals surface area contributed by atoms with Crippen LogP contribution >= 0.6 is 0 Å². The Kier molecular flexibility index (Phi) is 4.65. The van der Waals surface area contributed by atoms with E-state index >= 15 is 0 Å². The number of ether oxygens (including phenoxy) is 2. The normalized spacial score (nSPS) is 18.7. The molecular formula is C20H23N3O3. The maximum absolute atomic E-state index is 12.8. The first-order valence-electron chi connectivity index (χ1n) is 9.03. The number of hydrogen-bond donors (Lipinski definition) is 1. The molecule has 2 aromatic rings. The summed E-state index contributed by atoms with van der Waals surface area (Å²) in [6.45, 7) is 1.83. The van der Waals surface area contributed by atoms with Crippen LogP contribution in [0.15, 0.2) is 36.5 Å². The molecule has 6 heteroatoms. The van der Waals surface area contributed by atoms with Crippen molar-refractivity contribution in [2.45, 2.75) is 25.2 Å². The van der Waals surface area contributed by atoms with Gasteiger partial charge in [0.25, 0.3) is 0 Å². The third kappa shape index (κ3) is 3.45. The molecule has 0 radical (unpaired) electrons. The van der Waals surface area contributed by atoms with E-state index in [4.69, 9.17) is 9.47 Å². The van der Waals surface area contributed by atoms with Gasteiger partial charge in [0.1, 0.15) is 5.82 Å². The minimum Gasteiger partial charge on any atom is -0.454 e. The van der Waals surface area contributed by atoms with Crippen LogP contribution in [0.3, 0.4) is 0 Å². The second-order valence-corrected chi connectivity index (χ2v) is 6.77. The third-order valence-electron chi connectivity index (χ3n) is 5.08. The lowest BCUT2D eigenvalue weighted by Gasteiger charge is -2.33. The monoisotopic (exact) mass is 353 g/mol. The van der Waals surface area contributed by atoms with Crippen molar-refractivity contribution in [3.63, 3.8) is 0 Å². The Hall–Kier alpha value is -2.76. The number of rotatable bonds is 4. The molecule has 1 amide bonds. The van der Waals surface area contributed by atoms with Gasteiger partial charge in [0.2, 0.25) is 12.7 Å². The molecule has 1 atom stereocenters. The Labute approximate surface area is 153 Å². The second-order valence-electron chi connectivity index (χ2n) is 6.77. The number of nitrogens with one attached hydrogen (secondary N) is 1. The van der Waals surface area contributed by atoms with E-state index in [0.717, 1.165) is 48.8 Å². The molecule has 1 unspecified atom stereocenters. The van der Waals surface area contributed by atoms with Gasteiger partial charge in [-0.2, -0.15) is 0 Å². The van der Waals surface area contributed by atoms with E-state index in [2.05, 4.69) is 22.4 Å². The number of fused-ring (bicyclic) bond motifs is 1. The van der Waals surface area contributed by atoms with Gasteiger partial charge in [-0.3, -0.25) is 4.79 Å². The minimum absolute atomic E-state index is 0.163. The van der Waals surface area contributed by atoms with Crippen LogP contribution in [0.4, 0.5) is 5.82 Å². The maximum Gasteiger partial charge on any atom is 0.231 e. The van der Waals surface area contributed by atoms with Crippen molar-refractivity contribution in [1.82, 2.24) is 9.88 Å². The molecule has 2 aliphatic heterocycles. The van der Waals surface area contributed by atoms with Crippen LogP contribution < -0.4 is 14.8 Å². The zero-order valence-corrected chi connectivity index (χ0v) is 14.9. The average Bonchev–Trinajstić information content (AvgIpc) is 3.16. The molecule has 6 nitrogen and oxygen atoms in total. The number of pyridine rings is 1. The van der Waals surface area contributed by atoms with Gasteiger partial charge in [-0.25, -0.2) is 4.98 Å².